The minimum atomic E-state index is 0.484. The summed E-state index contributed by atoms with van der Waals surface area (Å²) in [5, 5.41) is 0.973. The van der Waals surface area contributed by atoms with E-state index in [0.29, 0.717) is 6.54 Å². The van der Waals surface area contributed by atoms with Gasteiger partial charge in [0.05, 0.1) is 0 Å². The number of hydrogen-bond donors (Lipinski definition) is 1. The van der Waals surface area contributed by atoms with Crippen LogP contribution in [0.3, 0.4) is 0 Å². The fourth-order valence-electron chi connectivity index (χ4n) is 1.34. The SMILES string of the molecule is NCc1cncnc1SCc1ccccc1. The quantitative estimate of drug-likeness (QED) is 0.647. The van der Waals surface area contributed by atoms with Gasteiger partial charge in [0, 0.05) is 24.1 Å². The van der Waals surface area contributed by atoms with Crippen molar-refractivity contribution in [2.24, 2.45) is 5.73 Å². The summed E-state index contributed by atoms with van der Waals surface area (Å²) < 4.78 is 0. The zero-order chi connectivity index (χ0) is 11.2. The summed E-state index contributed by atoms with van der Waals surface area (Å²) in [6, 6.07) is 10.3. The lowest BCUT2D eigenvalue weighted by Crippen LogP contribution is -2.00. The lowest BCUT2D eigenvalue weighted by atomic mass is 10.2. The van der Waals surface area contributed by atoms with Gasteiger partial charge >= 0.3 is 0 Å². The van der Waals surface area contributed by atoms with Crippen LogP contribution in [0.5, 0.6) is 0 Å². The van der Waals surface area contributed by atoms with Crippen LogP contribution >= 0.6 is 11.8 Å². The van der Waals surface area contributed by atoms with Crippen molar-refractivity contribution in [1.29, 1.82) is 0 Å². The second kappa shape index (κ2) is 5.63. The Labute approximate surface area is 99.1 Å². The zero-order valence-electron chi connectivity index (χ0n) is 8.84. The molecule has 82 valence electrons. The van der Waals surface area contributed by atoms with E-state index < -0.39 is 0 Å². The maximum atomic E-state index is 5.63. The summed E-state index contributed by atoms with van der Waals surface area (Å²) >= 11 is 1.69. The molecule has 0 amide bonds. The van der Waals surface area contributed by atoms with E-state index >= 15 is 0 Å². The summed E-state index contributed by atoms with van der Waals surface area (Å²) in [7, 11) is 0. The molecule has 0 bridgehead atoms. The molecule has 0 saturated heterocycles. The van der Waals surface area contributed by atoms with Gasteiger partial charge in [0.1, 0.15) is 11.4 Å². The predicted molar refractivity (Wildman–Crippen MR) is 65.9 cm³/mol. The van der Waals surface area contributed by atoms with Crippen molar-refractivity contribution in [1.82, 2.24) is 9.97 Å². The van der Waals surface area contributed by atoms with Crippen LogP contribution in [-0.4, -0.2) is 9.97 Å². The normalized spacial score (nSPS) is 10.3. The molecule has 0 saturated carbocycles. The number of hydrogen-bond acceptors (Lipinski definition) is 4. The molecule has 2 N–H and O–H groups in total. The number of benzene rings is 1. The van der Waals surface area contributed by atoms with Gasteiger partial charge in [0.2, 0.25) is 0 Å². The first-order valence-electron chi connectivity index (χ1n) is 5.06. The van der Waals surface area contributed by atoms with Crippen molar-refractivity contribution in [3.63, 3.8) is 0 Å². The Kier molecular flexibility index (Phi) is 3.91. The molecule has 2 rings (SSSR count). The molecule has 0 spiro atoms. The first kappa shape index (κ1) is 11.1. The molecule has 1 aromatic carbocycles. The maximum Gasteiger partial charge on any atom is 0.116 e. The van der Waals surface area contributed by atoms with E-state index in [0.717, 1.165) is 16.3 Å². The molecule has 0 atom stereocenters. The van der Waals surface area contributed by atoms with Crippen LogP contribution in [0, 0.1) is 0 Å². The lowest BCUT2D eigenvalue weighted by molar-refractivity contribution is 0.921. The third kappa shape index (κ3) is 2.81. The van der Waals surface area contributed by atoms with E-state index in [2.05, 4.69) is 22.1 Å². The van der Waals surface area contributed by atoms with E-state index in [9.17, 15) is 0 Å². The van der Waals surface area contributed by atoms with Gasteiger partial charge in [0.25, 0.3) is 0 Å². The van der Waals surface area contributed by atoms with E-state index in [-0.39, 0.29) is 0 Å². The summed E-state index contributed by atoms with van der Waals surface area (Å²) in [6.45, 7) is 0.484. The van der Waals surface area contributed by atoms with Crippen molar-refractivity contribution in [3.05, 3.63) is 54.0 Å². The highest BCUT2D eigenvalue weighted by molar-refractivity contribution is 7.98. The summed E-state index contributed by atoms with van der Waals surface area (Å²) in [5.41, 5.74) is 7.92. The summed E-state index contributed by atoms with van der Waals surface area (Å²) in [4.78, 5) is 8.20. The van der Waals surface area contributed by atoms with Crippen molar-refractivity contribution in [2.45, 2.75) is 17.3 Å². The Balaban J connectivity index is 2.05. The molecular formula is C12H13N3S. The van der Waals surface area contributed by atoms with Gasteiger partial charge in [-0.2, -0.15) is 0 Å². The van der Waals surface area contributed by atoms with E-state index in [4.69, 9.17) is 5.73 Å². The molecule has 2 aromatic rings. The number of nitrogens with zero attached hydrogens (tertiary/aromatic N) is 2. The van der Waals surface area contributed by atoms with Crippen molar-refractivity contribution in [2.75, 3.05) is 0 Å². The molecule has 1 heterocycles. The van der Waals surface area contributed by atoms with Gasteiger partial charge in [0.15, 0.2) is 0 Å². The van der Waals surface area contributed by atoms with Gasteiger partial charge in [-0.15, -0.1) is 11.8 Å². The highest BCUT2D eigenvalue weighted by Crippen LogP contribution is 2.22. The molecule has 0 aliphatic carbocycles. The molecule has 0 aliphatic heterocycles. The molecule has 0 aliphatic rings. The number of thioether (sulfide) groups is 1. The van der Waals surface area contributed by atoms with Crippen molar-refractivity contribution >= 4 is 11.8 Å². The van der Waals surface area contributed by atoms with Gasteiger partial charge < -0.3 is 5.73 Å². The van der Waals surface area contributed by atoms with E-state index in [1.165, 1.54) is 5.56 Å². The Morgan fingerprint density at radius 1 is 1.19 bits per heavy atom. The van der Waals surface area contributed by atoms with E-state index in [1.54, 1.807) is 24.3 Å². The highest BCUT2D eigenvalue weighted by Gasteiger charge is 2.03. The standard InChI is InChI=1S/C12H13N3S/c13-6-11-7-14-9-15-12(11)16-8-10-4-2-1-3-5-10/h1-5,7,9H,6,8,13H2. The van der Waals surface area contributed by atoms with Gasteiger partial charge in [-0.05, 0) is 5.56 Å². The predicted octanol–water partition coefficient (Wildman–Crippen LogP) is 2.23. The van der Waals surface area contributed by atoms with Gasteiger partial charge in [-0.25, -0.2) is 9.97 Å². The average Bonchev–Trinajstić information content (AvgIpc) is 2.38. The maximum absolute atomic E-state index is 5.63. The zero-order valence-corrected chi connectivity index (χ0v) is 9.65. The van der Waals surface area contributed by atoms with E-state index in [1.807, 2.05) is 18.2 Å². The summed E-state index contributed by atoms with van der Waals surface area (Å²) in [6.07, 6.45) is 3.34. The minimum absolute atomic E-state index is 0.484. The smallest absolute Gasteiger partial charge is 0.116 e. The third-order valence-electron chi connectivity index (χ3n) is 2.19. The molecular weight excluding hydrogens is 218 g/mol. The lowest BCUT2D eigenvalue weighted by Gasteiger charge is -2.04. The topological polar surface area (TPSA) is 51.8 Å². The molecule has 3 nitrogen and oxygen atoms in total. The van der Waals surface area contributed by atoms with Crippen LogP contribution in [0.15, 0.2) is 47.9 Å². The van der Waals surface area contributed by atoms with Gasteiger partial charge in [-0.1, -0.05) is 30.3 Å². The monoisotopic (exact) mass is 231 g/mol. The number of rotatable bonds is 4. The minimum Gasteiger partial charge on any atom is -0.326 e. The highest BCUT2D eigenvalue weighted by atomic mass is 32.2. The first-order chi connectivity index (χ1) is 7.90. The fourth-order valence-corrected chi connectivity index (χ4v) is 2.28. The molecule has 1 aromatic heterocycles. The van der Waals surface area contributed by atoms with Crippen LogP contribution in [0.4, 0.5) is 0 Å². The Morgan fingerprint density at radius 2 is 2.00 bits per heavy atom. The molecule has 4 heteroatoms. The second-order valence-corrected chi connectivity index (χ2v) is 4.30. The summed E-state index contributed by atoms with van der Waals surface area (Å²) in [5.74, 6) is 0.908. The average molecular weight is 231 g/mol. The Morgan fingerprint density at radius 3 is 2.75 bits per heavy atom. The number of aromatic nitrogens is 2. The Bertz CT molecular complexity index is 445. The van der Waals surface area contributed by atoms with Crippen LogP contribution in [0.25, 0.3) is 0 Å². The number of nitrogens with two attached hydrogens (primary N) is 1. The van der Waals surface area contributed by atoms with Gasteiger partial charge in [-0.3, -0.25) is 0 Å². The third-order valence-corrected chi connectivity index (χ3v) is 3.30. The molecule has 0 unspecified atom stereocenters. The van der Waals surface area contributed by atoms with Crippen molar-refractivity contribution < 1.29 is 0 Å². The molecule has 0 fully saturated rings. The van der Waals surface area contributed by atoms with Crippen LogP contribution in [0.2, 0.25) is 0 Å². The molecule has 0 radical (unpaired) electrons. The molecule has 16 heavy (non-hydrogen) atoms. The van der Waals surface area contributed by atoms with Crippen LogP contribution < -0.4 is 5.73 Å². The van der Waals surface area contributed by atoms with Crippen LogP contribution in [0.1, 0.15) is 11.1 Å². The fraction of sp³-hybridized carbons (Fsp3) is 0.167. The largest absolute Gasteiger partial charge is 0.326 e. The Hall–Kier alpha value is -1.39. The second-order valence-electron chi connectivity index (χ2n) is 3.33. The van der Waals surface area contributed by atoms with Crippen LogP contribution in [-0.2, 0) is 12.3 Å². The first-order valence-corrected chi connectivity index (χ1v) is 6.04. The van der Waals surface area contributed by atoms with Crippen molar-refractivity contribution in [3.8, 4) is 0 Å².